The van der Waals surface area contributed by atoms with Crippen LogP contribution in [-0.4, -0.2) is 106 Å². The minimum Gasteiger partial charge on any atom is -0.394 e. The molecule has 39 heavy (non-hydrogen) atoms. The zero-order chi connectivity index (χ0) is 28.1. The van der Waals surface area contributed by atoms with Crippen molar-refractivity contribution in [2.75, 3.05) is 56.5 Å². The molecule has 0 aliphatic carbocycles. The molecular formula is C27H38ClN7O4. The standard InChI is InChI=1S/C27H38ClN7O4/c1-3-19-15-34(25-23(28)31-22(24(29)32-25)26(38)30-14-21(37)16-36)12-13-35(19)20-8-10-33(11-9-20)27(39)18-6-4-17(2)5-7-18/h4-7,19-21,36-37H,3,8-16H2,1-2H3,(H2,29,32)(H,30,38)/t19-,21-/m0/s1. The number of carbonyl (C=O) groups excluding carboxylic acids is 2. The summed E-state index contributed by atoms with van der Waals surface area (Å²) in [6.45, 7) is 7.22. The van der Waals surface area contributed by atoms with Gasteiger partial charge in [0, 0.05) is 56.9 Å². The average Bonchev–Trinajstić information content (AvgIpc) is 2.96. The summed E-state index contributed by atoms with van der Waals surface area (Å²) in [4.78, 5) is 40.5. The number of benzene rings is 1. The van der Waals surface area contributed by atoms with Crippen molar-refractivity contribution >= 4 is 35.1 Å². The minimum absolute atomic E-state index is 0.0496. The number of nitrogens with one attached hydrogen (secondary N) is 1. The van der Waals surface area contributed by atoms with Gasteiger partial charge in [-0.1, -0.05) is 36.2 Å². The minimum atomic E-state index is -1.08. The summed E-state index contributed by atoms with van der Waals surface area (Å²) in [6.07, 6.45) is 1.71. The number of amides is 2. The Labute approximate surface area is 234 Å². The van der Waals surface area contributed by atoms with Crippen LogP contribution in [0.4, 0.5) is 11.6 Å². The van der Waals surface area contributed by atoms with Crippen LogP contribution >= 0.6 is 11.6 Å². The SMILES string of the molecule is CC[C@H]1CN(c2nc(N)c(C(=O)NC[C@H](O)CO)nc2Cl)CCN1C1CCN(C(=O)c2ccc(C)cc2)CC1. The van der Waals surface area contributed by atoms with Gasteiger partial charge in [-0.3, -0.25) is 14.5 Å². The van der Waals surface area contributed by atoms with Crippen LogP contribution in [0.15, 0.2) is 24.3 Å². The topological polar surface area (TPSA) is 148 Å². The van der Waals surface area contributed by atoms with E-state index >= 15 is 0 Å². The predicted octanol–water partition coefficient (Wildman–Crippen LogP) is 1.31. The molecule has 12 heteroatoms. The van der Waals surface area contributed by atoms with Gasteiger partial charge in [-0.25, -0.2) is 9.97 Å². The van der Waals surface area contributed by atoms with Gasteiger partial charge < -0.3 is 31.1 Å². The second-order valence-electron chi connectivity index (χ2n) is 10.3. The molecule has 2 aliphatic rings. The molecule has 2 aliphatic heterocycles. The molecule has 2 atom stereocenters. The van der Waals surface area contributed by atoms with Crippen molar-refractivity contribution in [1.29, 1.82) is 0 Å². The van der Waals surface area contributed by atoms with Crippen molar-refractivity contribution in [3.8, 4) is 0 Å². The third kappa shape index (κ3) is 6.78. The highest BCUT2D eigenvalue weighted by atomic mass is 35.5. The van der Waals surface area contributed by atoms with E-state index in [1.807, 2.05) is 36.1 Å². The first-order valence-corrected chi connectivity index (χ1v) is 13.9. The van der Waals surface area contributed by atoms with Gasteiger partial charge in [-0.2, -0.15) is 0 Å². The van der Waals surface area contributed by atoms with Crippen molar-refractivity contribution in [2.24, 2.45) is 0 Å². The Morgan fingerprint density at radius 3 is 2.49 bits per heavy atom. The summed E-state index contributed by atoms with van der Waals surface area (Å²) in [5.41, 5.74) is 7.82. The monoisotopic (exact) mass is 559 g/mol. The van der Waals surface area contributed by atoms with E-state index < -0.39 is 18.6 Å². The number of hydrogen-bond donors (Lipinski definition) is 4. The number of likely N-dealkylation sites (tertiary alicyclic amines) is 1. The number of aliphatic hydroxyl groups excluding tert-OH is 2. The molecule has 1 aromatic heterocycles. The maximum atomic E-state index is 12.9. The molecule has 0 saturated carbocycles. The van der Waals surface area contributed by atoms with Gasteiger partial charge in [0.15, 0.2) is 22.5 Å². The number of anilines is 2. The molecule has 0 bridgehead atoms. The summed E-state index contributed by atoms with van der Waals surface area (Å²) in [5, 5.41) is 20.9. The molecule has 5 N–H and O–H groups in total. The van der Waals surface area contributed by atoms with Crippen molar-refractivity contribution in [3.05, 3.63) is 46.2 Å². The first kappa shape index (κ1) is 29.0. The Morgan fingerprint density at radius 1 is 1.15 bits per heavy atom. The first-order chi connectivity index (χ1) is 18.7. The van der Waals surface area contributed by atoms with E-state index in [-0.39, 0.29) is 35.2 Å². The van der Waals surface area contributed by atoms with Gasteiger partial charge in [-0.05, 0) is 38.3 Å². The number of carbonyl (C=O) groups is 2. The molecule has 4 rings (SSSR count). The quantitative estimate of drug-likeness (QED) is 0.375. The van der Waals surface area contributed by atoms with E-state index in [4.69, 9.17) is 22.4 Å². The number of nitrogens with two attached hydrogens (primary N) is 1. The second-order valence-corrected chi connectivity index (χ2v) is 10.6. The lowest BCUT2D eigenvalue weighted by molar-refractivity contribution is 0.0490. The van der Waals surface area contributed by atoms with Crippen molar-refractivity contribution in [2.45, 2.75) is 51.3 Å². The lowest BCUT2D eigenvalue weighted by atomic mass is 9.97. The Balaban J connectivity index is 1.36. The van der Waals surface area contributed by atoms with Gasteiger partial charge in [-0.15, -0.1) is 0 Å². The molecule has 2 amide bonds. The van der Waals surface area contributed by atoms with Crippen LogP contribution in [-0.2, 0) is 0 Å². The molecule has 212 valence electrons. The van der Waals surface area contributed by atoms with Crippen LogP contribution in [0.3, 0.4) is 0 Å². The highest BCUT2D eigenvalue weighted by Crippen LogP contribution is 2.30. The van der Waals surface area contributed by atoms with Crippen molar-refractivity contribution in [1.82, 2.24) is 25.1 Å². The summed E-state index contributed by atoms with van der Waals surface area (Å²) in [6, 6.07) is 8.41. The average molecular weight is 560 g/mol. The fourth-order valence-corrected chi connectivity index (χ4v) is 5.58. The van der Waals surface area contributed by atoms with Crippen LogP contribution < -0.4 is 16.0 Å². The zero-order valence-corrected chi connectivity index (χ0v) is 23.3. The Hall–Kier alpha value is -2.99. The lowest BCUT2D eigenvalue weighted by Crippen LogP contribution is -2.58. The number of piperazine rings is 1. The Bertz CT molecular complexity index is 1160. The summed E-state index contributed by atoms with van der Waals surface area (Å²) < 4.78 is 0. The number of nitrogens with zero attached hydrogens (tertiary/aromatic N) is 5. The van der Waals surface area contributed by atoms with Crippen LogP contribution in [0.5, 0.6) is 0 Å². The number of aryl methyl sites for hydroxylation is 1. The van der Waals surface area contributed by atoms with E-state index in [1.54, 1.807) is 0 Å². The summed E-state index contributed by atoms with van der Waals surface area (Å²) in [7, 11) is 0. The molecule has 0 radical (unpaired) electrons. The molecule has 11 nitrogen and oxygen atoms in total. The zero-order valence-electron chi connectivity index (χ0n) is 22.5. The third-order valence-electron chi connectivity index (χ3n) is 7.61. The maximum absolute atomic E-state index is 12.9. The number of aliphatic hydroxyl groups is 2. The number of rotatable bonds is 8. The molecule has 0 unspecified atom stereocenters. The highest BCUT2D eigenvalue weighted by Gasteiger charge is 2.35. The molecule has 2 fully saturated rings. The van der Waals surface area contributed by atoms with Gasteiger partial charge in [0.1, 0.15) is 0 Å². The fourth-order valence-electron chi connectivity index (χ4n) is 5.33. The third-order valence-corrected chi connectivity index (χ3v) is 7.86. The Morgan fingerprint density at radius 2 is 1.85 bits per heavy atom. The number of halogens is 1. The summed E-state index contributed by atoms with van der Waals surface area (Å²) >= 11 is 6.46. The van der Waals surface area contributed by atoms with Gasteiger partial charge in [0.2, 0.25) is 0 Å². The van der Waals surface area contributed by atoms with Gasteiger partial charge in [0.05, 0.1) is 12.7 Å². The van der Waals surface area contributed by atoms with Crippen LogP contribution in [0.2, 0.25) is 5.15 Å². The Kier molecular flexibility index (Phi) is 9.60. The van der Waals surface area contributed by atoms with Gasteiger partial charge >= 0.3 is 0 Å². The molecule has 3 heterocycles. The van der Waals surface area contributed by atoms with Crippen molar-refractivity contribution < 1.29 is 19.8 Å². The van der Waals surface area contributed by atoms with Crippen LogP contribution in [0, 0.1) is 6.92 Å². The molecule has 2 aromatic rings. The molecular weight excluding hydrogens is 522 g/mol. The van der Waals surface area contributed by atoms with E-state index in [2.05, 4.69) is 32.0 Å². The van der Waals surface area contributed by atoms with E-state index in [9.17, 15) is 14.7 Å². The van der Waals surface area contributed by atoms with E-state index in [0.29, 0.717) is 24.9 Å². The second kappa shape index (κ2) is 12.9. The number of nitrogen functional groups attached to an aromatic ring is 1. The first-order valence-electron chi connectivity index (χ1n) is 13.5. The van der Waals surface area contributed by atoms with E-state index in [1.165, 1.54) is 0 Å². The van der Waals surface area contributed by atoms with Crippen molar-refractivity contribution in [3.63, 3.8) is 0 Å². The number of aromatic nitrogens is 2. The van der Waals surface area contributed by atoms with Gasteiger partial charge in [0.25, 0.3) is 11.8 Å². The van der Waals surface area contributed by atoms with Crippen LogP contribution in [0.1, 0.15) is 52.6 Å². The molecule has 0 spiro atoms. The predicted molar refractivity (Wildman–Crippen MR) is 150 cm³/mol. The maximum Gasteiger partial charge on any atom is 0.273 e. The lowest BCUT2D eigenvalue weighted by Gasteiger charge is -2.47. The number of hydrogen-bond acceptors (Lipinski definition) is 9. The van der Waals surface area contributed by atoms with E-state index in [0.717, 1.165) is 50.0 Å². The normalized spacial score (nSPS) is 19.7. The summed E-state index contributed by atoms with van der Waals surface area (Å²) in [5.74, 6) is -0.133. The smallest absolute Gasteiger partial charge is 0.273 e. The highest BCUT2D eigenvalue weighted by molar-refractivity contribution is 6.32. The van der Waals surface area contributed by atoms with Crippen LogP contribution in [0.25, 0.3) is 0 Å². The largest absolute Gasteiger partial charge is 0.394 e. The number of piperidine rings is 1. The molecule has 2 saturated heterocycles. The molecule has 1 aromatic carbocycles. The fraction of sp³-hybridized carbons (Fsp3) is 0.556.